The summed E-state index contributed by atoms with van der Waals surface area (Å²) in [5.41, 5.74) is 3.27. The van der Waals surface area contributed by atoms with E-state index in [1.807, 2.05) is 24.5 Å². The van der Waals surface area contributed by atoms with E-state index in [9.17, 15) is 9.59 Å². The molecule has 27 heavy (non-hydrogen) atoms. The minimum Gasteiger partial charge on any atom is -0.496 e. The van der Waals surface area contributed by atoms with Crippen molar-refractivity contribution in [1.29, 1.82) is 0 Å². The molecule has 7 heteroatoms. The van der Waals surface area contributed by atoms with Crippen molar-refractivity contribution in [3.63, 3.8) is 0 Å². The summed E-state index contributed by atoms with van der Waals surface area (Å²) >= 11 is 1.73. The van der Waals surface area contributed by atoms with Crippen molar-refractivity contribution in [2.75, 3.05) is 13.4 Å². The molecule has 2 aromatic carbocycles. The Balaban J connectivity index is 2.10. The molecule has 0 spiro atoms. The van der Waals surface area contributed by atoms with Crippen molar-refractivity contribution in [2.45, 2.75) is 18.7 Å². The molecule has 0 aliphatic carbocycles. The number of fused-ring (bicyclic) bond motifs is 1. The van der Waals surface area contributed by atoms with Crippen LogP contribution in [0.5, 0.6) is 5.75 Å². The zero-order valence-corrected chi connectivity index (χ0v) is 16.0. The van der Waals surface area contributed by atoms with Crippen LogP contribution in [0.1, 0.15) is 12.0 Å². The van der Waals surface area contributed by atoms with E-state index in [0.29, 0.717) is 10.9 Å². The first-order chi connectivity index (χ1) is 13.0. The van der Waals surface area contributed by atoms with Crippen LogP contribution >= 0.6 is 11.8 Å². The van der Waals surface area contributed by atoms with Crippen molar-refractivity contribution in [3.8, 4) is 16.9 Å². The summed E-state index contributed by atoms with van der Waals surface area (Å²) in [6.07, 6.45) is 3.31. The van der Waals surface area contributed by atoms with Crippen molar-refractivity contribution in [2.24, 2.45) is 0 Å². The fourth-order valence-corrected chi connectivity index (χ4v) is 3.45. The molecule has 3 aromatic rings. The topological polar surface area (TPSA) is 81.4 Å². The molecule has 0 fully saturated rings. The number of aromatic nitrogens is 2. The minimum absolute atomic E-state index is 0.0911. The van der Waals surface area contributed by atoms with Crippen LogP contribution in [0.25, 0.3) is 22.0 Å². The van der Waals surface area contributed by atoms with E-state index in [0.717, 1.165) is 22.6 Å². The summed E-state index contributed by atoms with van der Waals surface area (Å²) in [5, 5.41) is 9.30. The average molecular weight is 384 g/mol. The minimum atomic E-state index is -0.953. The van der Waals surface area contributed by atoms with Gasteiger partial charge in [0.05, 0.1) is 30.8 Å². The predicted octanol–water partition coefficient (Wildman–Crippen LogP) is 3.41. The van der Waals surface area contributed by atoms with Crippen LogP contribution in [0.15, 0.2) is 47.5 Å². The van der Waals surface area contributed by atoms with E-state index in [-0.39, 0.29) is 18.5 Å². The first-order valence-corrected chi connectivity index (χ1v) is 9.80. The highest BCUT2D eigenvalue weighted by atomic mass is 32.2. The number of nitrogens with zero attached hydrogens (tertiary/aromatic N) is 2. The fourth-order valence-electron chi connectivity index (χ4n) is 2.94. The SMILES string of the molecule is COc1ccc(CSC)cc1-c1ccc2ncn(CCC(=O)O)c(=O)c2c1. The number of carboxylic acid groups (broad SMARTS) is 1. The van der Waals surface area contributed by atoms with Crippen LogP contribution in [0.2, 0.25) is 0 Å². The van der Waals surface area contributed by atoms with Crippen molar-refractivity contribution < 1.29 is 14.6 Å². The fraction of sp³-hybridized carbons (Fsp3) is 0.250. The number of aryl methyl sites for hydroxylation is 1. The van der Waals surface area contributed by atoms with Crippen LogP contribution in [0, 0.1) is 0 Å². The molecule has 1 N–H and O–H groups in total. The first-order valence-electron chi connectivity index (χ1n) is 8.40. The van der Waals surface area contributed by atoms with Gasteiger partial charge in [0.15, 0.2) is 0 Å². The molecule has 0 aliphatic heterocycles. The lowest BCUT2D eigenvalue weighted by molar-refractivity contribution is -0.137. The summed E-state index contributed by atoms with van der Waals surface area (Å²) in [6.45, 7) is 0.0911. The molecule has 0 amide bonds. The highest BCUT2D eigenvalue weighted by Gasteiger charge is 2.11. The van der Waals surface area contributed by atoms with Gasteiger partial charge >= 0.3 is 5.97 Å². The molecule has 0 unspecified atom stereocenters. The third-order valence-electron chi connectivity index (χ3n) is 4.28. The number of rotatable bonds is 7. The molecule has 0 aliphatic rings. The second kappa shape index (κ2) is 8.26. The summed E-state index contributed by atoms with van der Waals surface area (Å²) in [7, 11) is 1.62. The third-order valence-corrected chi connectivity index (χ3v) is 4.90. The largest absolute Gasteiger partial charge is 0.496 e. The Kier molecular flexibility index (Phi) is 5.81. The van der Waals surface area contributed by atoms with Crippen molar-refractivity contribution >= 4 is 28.6 Å². The number of thioether (sulfide) groups is 1. The van der Waals surface area contributed by atoms with Gasteiger partial charge in [-0.15, -0.1) is 0 Å². The average Bonchev–Trinajstić information content (AvgIpc) is 2.67. The zero-order chi connectivity index (χ0) is 19.4. The predicted molar refractivity (Wildman–Crippen MR) is 107 cm³/mol. The molecule has 3 rings (SSSR count). The second-order valence-corrected chi connectivity index (χ2v) is 6.95. The summed E-state index contributed by atoms with van der Waals surface area (Å²) < 4.78 is 6.83. The number of hydrogen-bond donors (Lipinski definition) is 1. The quantitative estimate of drug-likeness (QED) is 0.672. The summed E-state index contributed by atoms with van der Waals surface area (Å²) in [4.78, 5) is 27.8. The second-order valence-electron chi connectivity index (χ2n) is 6.09. The van der Waals surface area contributed by atoms with Gasteiger partial charge in [0.1, 0.15) is 5.75 Å². The lowest BCUT2D eigenvalue weighted by Crippen LogP contribution is -2.22. The summed E-state index contributed by atoms with van der Waals surface area (Å²) in [6, 6.07) is 11.5. The molecule has 140 valence electrons. The molecule has 1 heterocycles. The number of ether oxygens (including phenoxy) is 1. The lowest BCUT2D eigenvalue weighted by Gasteiger charge is -2.12. The number of aliphatic carboxylic acids is 1. The smallest absolute Gasteiger partial charge is 0.305 e. The van der Waals surface area contributed by atoms with Gasteiger partial charge in [0.2, 0.25) is 0 Å². The van der Waals surface area contributed by atoms with E-state index >= 15 is 0 Å². The monoisotopic (exact) mass is 384 g/mol. The maximum atomic E-state index is 12.7. The number of hydrogen-bond acceptors (Lipinski definition) is 5. The zero-order valence-electron chi connectivity index (χ0n) is 15.1. The molecule has 1 aromatic heterocycles. The van der Waals surface area contributed by atoms with Crippen LogP contribution in [-0.2, 0) is 17.1 Å². The van der Waals surface area contributed by atoms with Gasteiger partial charge in [-0.25, -0.2) is 4.98 Å². The highest BCUT2D eigenvalue weighted by molar-refractivity contribution is 7.97. The Morgan fingerprint density at radius 3 is 2.78 bits per heavy atom. The van der Waals surface area contributed by atoms with E-state index in [4.69, 9.17) is 9.84 Å². The molecule has 0 radical (unpaired) electrons. The third kappa shape index (κ3) is 4.14. The van der Waals surface area contributed by atoms with E-state index in [1.54, 1.807) is 31.0 Å². The van der Waals surface area contributed by atoms with Gasteiger partial charge in [-0.2, -0.15) is 11.8 Å². The van der Waals surface area contributed by atoms with Crippen LogP contribution in [0.3, 0.4) is 0 Å². The van der Waals surface area contributed by atoms with E-state index in [1.165, 1.54) is 16.5 Å². The molecular formula is C20H20N2O4S. The van der Waals surface area contributed by atoms with Gasteiger partial charge in [-0.3, -0.25) is 14.2 Å². The molecule has 0 atom stereocenters. The highest BCUT2D eigenvalue weighted by Crippen LogP contribution is 2.32. The first kappa shape index (κ1) is 19.0. The van der Waals surface area contributed by atoms with E-state index < -0.39 is 5.97 Å². The number of benzene rings is 2. The van der Waals surface area contributed by atoms with Gasteiger partial charge in [0, 0.05) is 17.9 Å². The standard InChI is InChI=1S/C20H20N2O4S/c1-26-18-6-3-13(11-27-2)9-15(18)14-4-5-17-16(10-14)20(25)22(12-21-17)8-7-19(23)24/h3-6,9-10,12H,7-8,11H2,1-2H3,(H,23,24). The Morgan fingerprint density at radius 1 is 1.26 bits per heavy atom. The van der Waals surface area contributed by atoms with Crippen LogP contribution < -0.4 is 10.3 Å². The molecule has 0 bridgehead atoms. The van der Waals surface area contributed by atoms with Crippen LogP contribution in [-0.4, -0.2) is 34.0 Å². The Bertz CT molecular complexity index is 1050. The molecule has 0 saturated carbocycles. The number of carbonyl (C=O) groups is 1. The maximum Gasteiger partial charge on any atom is 0.305 e. The van der Waals surface area contributed by atoms with Gasteiger partial charge in [-0.1, -0.05) is 12.1 Å². The Labute approximate surface area is 160 Å². The molecular weight excluding hydrogens is 364 g/mol. The number of methoxy groups -OCH3 is 1. The van der Waals surface area contributed by atoms with E-state index in [2.05, 4.69) is 11.1 Å². The maximum absolute atomic E-state index is 12.7. The van der Waals surface area contributed by atoms with Crippen molar-refractivity contribution in [3.05, 3.63) is 58.6 Å². The van der Waals surface area contributed by atoms with Crippen molar-refractivity contribution in [1.82, 2.24) is 9.55 Å². The van der Waals surface area contributed by atoms with Gasteiger partial charge in [-0.05, 0) is 41.6 Å². The van der Waals surface area contributed by atoms with Crippen LogP contribution in [0.4, 0.5) is 0 Å². The lowest BCUT2D eigenvalue weighted by atomic mass is 10.0. The number of carboxylic acids is 1. The Morgan fingerprint density at radius 2 is 2.07 bits per heavy atom. The molecule has 6 nitrogen and oxygen atoms in total. The Hall–Kier alpha value is -2.80. The normalized spacial score (nSPS) is 10.9. The van der Waals surface area contributed by atoms with Gasteiger partial charge < -0.3 is 9.84 Å². The van der Waals surface area contributed by atoms with Gasteiger partial charge in [0.25, 0.3) is 5.56 Å². The summed E-state index contributed by atoms with van der Waals surface area (Å²) in [5.74, 6) is 0.661. The molecule has 0 saturated heterocycles.